The number of benzene rings is 2. The van der Waals surface area contributed by atoms with Crippen molar-refractivity contribution in [2.45, 2.75) is 0 Å². The molecule has 140 valence electrons. The van der Waals surface area contributed by atoms with Gasteiger partial charge in [-0.15, -0.1) is 0 Å². The van der Waals surface area contributed by atoms with Crippen LogP contribution in [0.15, 0.2) is 79.1 Å². The number of nitrogens with zero attached hydrogens (tertiary/aromatic N) is 1. The van der Waals surface area contributed by atoms with Gasteiger partial charge in [0.25, 0.3) is 5.70 Å². The molecule has 0 aliphatic carbocycles. The molecule has 1 aromatic heterocycles. The highest BCUT2D eigenvalue weighted by atomic mass is 32.1. The second-order valence-electron chi connectivity index (χ2n) is 6.16. The van der Waals surface area contributed by atoms with Crippen molar-refractivity contribution < 1.29 is 19.1 Å². The Hall–Kier alpha value is -3.38. The first kappa shape index (κ1) is 18.0. The smallest absolute Gasteiger partial charge is 0.288 e. The van der Waals surface area contributed by atoms with E-state index >= 15 is 0 Å². The topological polar surface area (TPSA) is 54.6 Å². The molecule has 2 heterocycles. The Morgan fingerprint density at radius 1 is 0.893 bits per heavy atom. The number of hydrogen-bond acceptors (Lipinski definition) is 4. The van der Waals surface area contributed by atoms with E-state index in [9.17, 15) is 5.11 Å². The quantitative estimate of drug-likeness (QED) is 0.304. The Labute approximate surface area is 168 Å². The van der Waals surface area contributed by atoms with E-state index in [0.717, 1.165) is 5.69 Å². The van der Waals surface area contributed by atoms with Gasteiger partial charge in [0.1, 0.15) is 13.2 Å². The molecule has 1 aliphatic heterocycles. The number of hydrogen-bond donors (Lipinski definition) is 2. The summed E-state index contributed by atoms with van der Waals surface area (Å²) in [4.78, 5) is 0.398. The summed E-state index contributed by atoms with van der Waals surface area (Å²) < 4.78 is 13.0. The largest absolute Gasteiger partial charge is 0.502 e. The van der Waals surface area contributed by atoms with Crippen LogP contribution < -0.4 is 19.4 Å². The van der Waals surface area contributed by atoms with Crippen LogP contribution in [0.2, 0.25) is 0 Å². The molecule has 0 saturated carbocycles. The van der Waals surface area contributed by atoms with Crippen LogP contribution in [0.5, 0.6) is 11.5 Å². The maximum atomic E-state index is 11.1. The van der Waals surface area contributed by atoms with E-state index in [-0.39, 0.29) is 5.76 Å². The van der Waals surface area contributed by atoms with Gasteiger partial charge in [-0.1, -0.05) is 36.5 Å². The van der Waals surface area contributed by atoms with Crippen molar-refractivity contribution in [3.8, 4) is 11.5 Å². The molecule has 28 heavy (non-hydrogen) atoms. The van der Waals surface area contributed by atoms with Crippen LogP contribution in [0.25, 0.3) is 11.5 Å². The normalized spacial score (nSPS) is 13.4. The Balaban J connectivity index is 1.77. The molecule has 0 bridgehead atoms. The Morgan fingerprint density at radius 2 is 1.57 bits per heavy atom. The van der Waals surface area contributed by atoms with E-state index in [1.165, 1.54) is 0 Å². The van der Waals surface area contributed by atoms with Gasteiger partial charge in [0.05, 0.1) is 0 Å². The average molecular weight is 391 g/mol. The summed E-state index contributed by atoms with van der Waals surface area (Å²) in [5.74, 6) is 1.32. The highest BCUT2D eigenvalue weighted by Crippen LogP contribution is 2.33. The average Bonchev–Trinajstić information content (AvgIpc) is 2.75. The maximum absolute atomic E-state index is 11.1. The molecule has 1 aliphatic rings. The second-order valence-corrected chi connectivity index (χ2v) is 6.57. The molecule has 0 unspecified atom stereocenters. The van der Waals surface area contributed by atoms with Gasteiger partial charge in [-0.3, -0.25) is 0 Å². The van der Waals surface area contributed by atoms with E-state index in [4.69, 9.17) is 21.7 Å². The molecule has 0 fully saturated rings. The van der Waals surface area contributed by atoms with E-state index in [1.54, 1.807) is 22.8 Å². The second kappa shape index (κ2) is 8.10. The molecule has 0 atom stereocenters. The number of pyridine rings is 1. The van der Waals surface area contributed by atoms with Crippen molar-refractivity contribution >= 4 is 34.3 Å². The Kier molecular flexibility index (Phi) is 5.21. The van der Waals surface area contributed by atoms with Crippen molar-refractivity contribution in [3.05, 3.63) is 84.7 Å². The number of aromatic nitrogens is 1. The number of para-hydroxylation sites is 1. The first-order valence-corrected chi connectivity index (χ1v) is 9.29. The molecular weight excluding hydrogens is 372 g/mol. The van der Waals surface area contributed by atoms with Crippen LogP contribution in [-0.4, -0.2) is 23.3 Å². The fraction of sp³-hybridized carbons (Fsp3) is 0.0909. The molecule has 4 rings (SSSR count). The maximum Gasteiger partial charge on any atom is 0.288 e. The summed E-state index contributed by atoms with van der Waals surface area (Å²) in [6.07, 6.45) is 3.67. The molecular formula is C22H19N2O3S+. The summed E-state index contributed by atoms with van der Waals surface area (Å²) in [6.45, 7) is 1.000. The molecule has 5 nitrogen and oxygen atoms in total. The number of anilines is 1. The van der Waals surface area contributed by atoms with Gasteiger partial charge in [0.15, 0.2) is 34.6 Å². The van der Waals surface area contributed by atoms with Crippen LogP contribution in [0.1, 0.15) is 5.56 Å². The van der Waals surface area contributed by atoms with Crippen molar-refractivity contribution in [2.75, 3.05) is 18.5 Å². The first-order chi connectivity index (χ1) is 13.7. The number of nitrogens with one attached hydrogen (secondary N) is 1. The third-order valence-electron chi connectivity index (χ3n) is 4.26. The van der Waals surface area contributed by atoms with Crippen LogP contribution in [0.4, 0.5) is 5.69 Å². The van der Waals surface area contributed by atoms with Gasteiger partial charge >= 0.3 is 0 Å². The zero-order valence-corrected chi connectivity index (χ0v) is 15.9. The van der Waals surface area contributed by atoms with Crippen LogP contribution in [-0.2, 0) is 0 Å². The van der Waals surface area contributed by atoms with Crippen molar-refractivity contribution in [3.63, 3.8) is 0 Å². The van der Waals surface area contributed by atoms with Gasteiger partial charge in [0.2, 0.25) is 0 Å². The monoisotopic (exact) mass is 391 g/mol. The van der Waals surface area contributed by atoms with Gasteiger partial charge in [0, 0.05) is 23.4 Å². The van der Waals surface area contributed by atoms with Crippen molar-refractivity contribution in [2.24, 2.45) is 0 Å². The molecule has 0 amide bonds. The summed E-state index contributed by atoms with van der Waals surface area (Å²) in [7, 11) is 0. The summed E-state index contributed by atoms with van der Waals surface area (Å²) in [6, 6.07) is 20.6. The predicted octanol–water partition coefficient (Wildman–Crippen LogP) is 4.07. The highest BCUT2D eigenvalue weighted by molar-refractivity contribution is 7.81. The van der Waals surface area contributed by atoms with Crippen molar-refractivity contribution in [1.29, 1.82) is 0 Å². The number of aliphatic hydroxyl groups excluding tert-OH is 1. The number of rotatable bonds is 4. The lowest BCUT2D eigenvalue weighted by atomic mass is 10.1. The first-order valence-electron chi connectivity index (χ1n) is 8.89. The SMILES string of the molecule is OC(=C(C(=S)Nc1ccccc1)[n+]1ccccc1)c1ccc2c(c1)OCCO2. The number of aliphatic hydroxyl groups is 1. The number of fused-ring (bicyclic) bond motifs is 1. The third-order valence-corrected chi connectivity index (χ3v) is 4.56. The van der Waals surface area contributed by atoms with Gasteiger partial charge in [-0.2, -0.15) is 4.57 Å². The summed E-state index contributed by atoms with van der Waals surface area (Å²) in [5, 5.41) is 14.3. The van der Waals surface area contributed by atoms with Crippen LogP contribution in [0, 0.1) is 0 Å². The zero-order chi connectivity index (χ0) is 19.3. The molecule has 2 aromatic carbocycles. The molecule has 0 saturated heterocycles. The van der Waals surface area contributed by atoms with E-state index in [1.807, 2.05) is 60.9 Å². The minimum atomic E-state index is 0.0432. The number of thiocarbonyl (C=S) groups is 1. The van der Waals surface area contributed by atoms with Crippen LogP contribution >= 0.6 is 12.2 Å². The predicted molar refractivity (Wildman–Crippen MR) is 112 cm³/mol. The molecule has 2 N–H and O–H groups in total. The fourth-order valence-corrected chi connectivity index (χ4v) is 3.25. The van der Waals surface area contributed by atoms with Crippen LogP contribution in [0.3, 0.4) is 0 Å². The zero-order valence-electron chi connectivity index (χ0n) is 15.0. The summed E-state index contributed by atoms with van der Waals surface area (Å²) in [5.41, 5.74) is 1.90. The van der Waals surface area contributed by atoms with E-state index in [0.29, 0.717) is 41.0 Å². The third kappa shape index (κ3) is 3.82. The summed E-state index contributed by atoms with van der Waals surface area (Å²) >= 11 is 5.63. The molecule has 0 spiro atoms. The molecule has 3 aromatic rings. The minimum absolute atomic E-state index is 0.0432. The fourth-order valence-electron chi connectivity index (χ4n) is 2.93. The Bertz CT molecular complexity index is 1020. The van der Waals surface area contributed by atoms with Crippen molar-refractivity contribution in [1.82, 2.24) is 0 Å². The lowest BCUT2D eigenvalue weighted by molar-refractivity contribution is -0.575. The number of ether oxygens (including phenoxy) is 2. The molecule has 0 radical (unpaired) electrons. The lowest BCUT2D eigenvalue weighted by Gasteiger charge is -2.19. The highest BCUT2D eigenvalue weighted by Gasteiger charge is 2.25. The molecule has 6 heteroatoms. The lowest BCUT2D eigenvalue weighted by Crippen LogP contribution is -2.38. The minimum Gasteiger partial charge on any atom is -0.502 e. The standard InChI is InChI=1S/C22H18N2O3S/c25-21(16-9-10-18-19(15-16)27-14-13-26-18)20(24-11-5-2-6-12-24)22(28)23-17-7-3-1-4-8-17/h1-12,15H,13-14H2,(H-,23,25,28)/p+1. The van der Waals surface area contributed by atoms with E-state index < -0.39 is 0 Å². The Morgan fingerprint density at radius 3 is 2.32 bits per heavy atom. The van der Waals surface area contributed by atoms with Gasteiger partial charge < -0.3 is 19.9 Å². The van der Waals surface area contributed by atoms with Gasteiger partial charge in [-0.25, -0.2) is 0 Å². The van der Waals surface area contributed by atoms with Gasteiger partial charge in [-0.05, 0) is 30.3 Å². The van der Waals surface area contributed by atoms with E-state index in [2.05, 4.69) is 5.32 Å².